The first-order chi connectivity index (χ1) is 9.42. The van der Waals surface area contributed by atoms with Crippen LogP contribution in [0.3, 0.4) is 0 Å². The number of benzene rings is 1. The van der Waals surface area contributed by atoms with Crippen LogP contribution in [-0.4, -0.2) is 55.1 Å². The number of aliphatic hydroxyl groups is 1. The number of hydrogen-bond donors (Lipinski definition) is 3. The van der Waals surface area contributed by atoms with Gasteiger partial charge in [-0.15, -0.1) is 11.6 Å². The van der Waals surface area contributed by atoms with Crippen LogP contribution in [0.2, 0.25) is 0 Å². The summed E-state index contributed by atoms with van der Waals surface area (Å²) in [6.45, 7) is 2.62. The average molecular weight is 300 g/mol. The van der Waals surface area contributed by atoms with Gasteiger partial charge in [0.05, 0.1) is 29.9 Å². The van der Waals surface area contributed by atoms with Gasteiger partial charge in [0.1, 0.15) is 0 Å². The van der Waals surface area contributed by atoms with Crippen LogP contribution < -0.4 is 10.6 Å². The molecule has 0 radical (unpaired) electrons. The van der Waals surface area contributed by atoms with Crippen molar-refractivity contribution >= 4 is 28.9 Å². The number of nitrogens with one attached hydrogen (secondary N) is 2. The number of amides is 1. The Morgan fingerprint density at radius 3 is 2.70 bits per heavy atom. The molecule has 0 aliphatic carbocycles. The third-order valence-electron chi connectivity index (χ3n) is 2.62. The second-order valence-electron chi connectivity index (χ2n) is 5.02. The van der Waals surface area contributed by atoms with E-state index in [0.717, 1.165) is 11.3 Å². The summed E-state index contributed by atoms with van der Waals surface area (Å²) in [5.74, 6) is 0.0843. The second kappa shape index (κ2) is 8.09. The number of carbonyl (C=O) groups is 1. The number of halogens is 1. The molecular weight excluding hydrogens is 278 g/mol. The van der Waals surface area contributed by atoms with Crippen molar-refractivity contribution in [3.63, 3.8) is 0 Å². The van der Waals surface area contributed by atoms with Crippen molar-refractivity contribution in [2.45, 2.75) is 13.0 Å². The number of carbonyl (C=O) groups excluding carboxylic acids is 1. The van der Waals surface area contributed by atoms with Gasteiger partial charge in [-0.1, -0.05) is 6.07 Å². The zero-order valence-corrected chi connectivity index (χ0v) is 12.9. The molecule has 0 aliphatic heterocycles. The monoisotopic (exact) mass is 299 g/mol. The predicted molar refractivity (Wildman–Crippen MR) is 83.6 cm³/mol. The van der Waals surface area contributed by atoms with Gasteiger partial charge in [-0.25, -0.2) is 0 Å². The van der Waals surface area contributed by atoms with E-state index in [1.807, 2.05) is 39.2 Å². The van der Waals surface area contributed by atoms with Crippen LogP contribution in [0.25, 0.3) is 0 Å². The molecule has 0 aliphatic rings. The van der Waals surface area contributed by atoms with Gasteiger partial charge in [-0.05, 0) is 38.7 Å². The zero-order chi connectivity index (χ0) is 15.1. The summed E-state index contributed by atoms with van der Waals surface area (Å²) in [7, 11) is 3.68. The highest BCUT2D eigenvalue weighted by Gasteiger charge is 2.09. The SMILES string of the molecule is Cc1ccc(NC(=O)CN(C)C)c(NCC(O)CCl)c1. The van der Waals surface area contributed by atoms with E-state index in [0.29, 0.717) is 18.8 Å². The highest BCUT2D eigenvalue weighted by Crippen LogP contribution is 2.23. The summed E-state index contributed by atoms with van der Waals surface area (Å²) in [4.78, 5) is 13.6. The maximum Gasteiger partial charge on any atom is 0.238 e. The Hall–Kier alpha value is -1.30. The van der Waals surface area contributed by atoms with Crippen molar-refractivity contribution in [1.29, 1.82) is 0 Å². The van der Waals surface area contributed by atoms with E-state index in [4.69, 9.17) is 11.6 Å². The highest BCUT2D eigenvalue weighted by atomic mass is 35.5. The molecule has 112 valence electrons. The molecule has 0 spiro atoms. The van der Waals surface area contributed by atoms with Crippen LogP contribution in [0.1, 0.15) is 5.56 Å². The lowest BCUT2D eigenvalue weighted by atomic mass is 10.2. The molecule has 0 aromatic heterocycles. The lowest BCUT2D eigenvalue weighted by Gasteiger charge is -2.16. The van der Waals surface area contributed by atoms with Crippen molar-refractivity contribution in [3.05, 3.63) is 23.8 Å². The summed E-state index contributed by atoms with van der Waals surface area (Å²) in [6, 6.07) is 5.69. The Labute approximate surface area is 124 Å². The second-order valence-corrected chi connectivity index (χ2v) is 5.33. The maximum atomic E-state index is 11.8. The number of alkyl halides is 1. The van der Waals surface area contributed by atoms with Crippen LogP contribution in [0.4, 0.5) is 11.4 Å². The number of aryl methyl sites for hydroxylation is 1. The minimum atomic E-state index is -0.623. The summed E-state index contributed by atoms with van der Waals surface area (Å²) >= 11 is 5.57. The summed E-state index contributed by atoms with van der Waals surface area (Å²) in [5, 5.41) is 15.4. The van der Waals surface area contributed by atoms with E-state index in [1.54, 1.807) is 4.90 Å². The van der Waals surface area contributed by atoms with E-state index in [2.05, 4.69) is 10.6 Å². The van der Waals surface area contributed by atoms with Crippen molar-refractivity contribution in [2.75, 3.05) is 43.7 Å². The predicted octanol–water partition coefficient (Wildman–Crippen LogP) is 1.51. The molecule has 3 N–H and O–H groups in total. The molecule has 5 nitrogen and oxygen atoms in total. The topological polar surface area (TPSA) is 64.6 Å². The molecule has 1 aromatic carbocycles. The fourth-order valence-corrected chi connectivity index (χ4v) is 1.78. The molecule has 0 heterocycles. The molecular formula is C14H22ClN3O2. The van der Waals surface area contributed by atoms with Crippen molar-refractivity contribution in [1.82, 2.24) is 4.90 Å². The van der Waals surface area contributed by atoms with Gasteiger partial charge in [0.25, 0.3) is 0 Å². The van der Waals surface area contributed by atoms with Gasteiger partial charge in [0, 0.05) is 6.54 Å². The molecule has 1 atom stereocenters. The summed E-state index contributed by atoms with van der Waals surface area (Å²) in [6.07, 6.45) is -0.623. The normalized spacial score (nSPS) is 12.3. The van der Waals surface area contributed by atoms with Gasteiger partial charge >= 0.3 is 0 Å². The number of nitrogens with zero attached hydrogens (tertiary/aromatic N) is 1. The highest BCUT2D eigenvalue weighted by molar-refractivity contribution is 6.18. The Morgan fingerprint density at radius 1 is 1.40 bits per heavy atom. The van der Waals surface area contributed by atoms with E-state index < -0.39 is 6.10 Å². The largest absolute Gasteiger partial charge is 0.390 e. The maximum absolute atomic E-state index is 11.8. The molecule has 0 fully saturated rings. The quantitative estimate of drug-likeness (QED) is 0.668. The van der Waals surface area contributed by atoms with Crippen LogP contribution in [0.15, 0.2) is 18.2 Å². The number of anilines is 2. The van der Waals surface area contributed by atoms with E-state index in [9.17, 15) is 9.90 Å². The fraction of sp³-hybridized carbons (Fsp3) is 0.500. The lowest BCUT2D eigenvalue weighted by molar-refractivity contribution is -0.116. The van der Waals surface area contributed by atoms with Gasteiger partial charge in [-0.2, -0.15) is 0 Å². The minimum Gasteiger partial charge on any atom is -0.390 e. The van der Waals surface area contributed by atoms with Crippen LogP contribution in [0.5, 0.6) is 0 Å². The van der Waals surface area contributed by atoms with E-state index in [-0.39, 0.29) is 11.8 Å². The van der Waals surface area contributed by atoms with Gasteiger partial charge in [-0.3, -0.25) is 4.79 Å². The minimum absolute atomic E-state index is 0.0835. The first-order valence-corrected chi connectivity index (χ1v) is 6.99. The Kier molecular flexibility index (Phi) is 6.78. The molecule has 0 bridgehead atoms. The summed E-state index contributed by atoms with van der Waals surface area (Å²) < 4.78 is 0. The average Bonchev–Trinajstić information content (AvgIpc) is 2.37. The van der Waals surface area contributed by atoms with E-state index >= 15 is 0 Å². The third kappa shape index (κ3) is 5.77. The Balaban J connectivity index is 2.76. The van der Waals surface area contributed by atoms with Crippen molar-refractivity contribution in [2.24, 2.45) is 0 Å². The number of hydrogen-bond acceptors (Lipinski definition) is 4. The smallest absolute Gasteiger partial charge is 0.238 e. The molecule has 1 amide bonds. The zero-order valence-electron chi connectivity index (χ0n) is 12.1. The van der Waals surface area contributed by atoms with E-state index in [1.165, 1.54) is 0 Å². The third-order valence-corrected chi connectivity index (χ3v) is 2.97. The Morgan fingerprint density at radius 2 is 2.10 bits per heavy atom. The molecule has 1 unspecified atom stereocenters. The molecule has 1 rings (SSSR count). The molecule has 6 heteroatoms. The van der Waals surface area contributed by atoms with Crippen molar-refractivity contribution < 1.29 is 9.90 Å². The lowest BCUT2D eigenvalue weighted by Crippen LogP contribution is -2.28. The fourth-order valence-electron chi connectivity index (χ4n) is 1.67. The Bertz CT molecular complexity index is 452. The van der Waals surface area contributed by atoms with Crippen molar-refractivity contribution in [3.8, 4) is 0 Å². The van der Waals surface area contributed by atoms with Gasteiger partial charge in [0.2, 0.25) is 5.91 Å². The molecule has 0 saturated heterocycles. The van der Waals surface area contributed by atoms with Gasteiger partial charge < -0.3 is 20.6 Å². The van der Waals surface area contributed by atoms with Crippen LogP contribution >= 0.6 is 11.6 Å². The van der Waals surface area contributed by atoms with Crippen LogP contribution in [0, 0.1) is 6.92 Å². The number of likely N-dealkylation sites (N-methyl/N-ethyl adjacent to an activating group) is 1. The molecule has 1 aromatic rings. The number of aliphatic hydroxyl groups excluding tert-OH is 1. The summed E-state index contributed by atoms with van der Waals surface area (Å²) in [5.41, 5.74) is 2.55. The molecule has 20 heavy (non-hydrogen) atoms. The standard InChI is InChI=1S/C14H22ClN3O2/c1-10-4-5-12(17-14(20)9-18(2)3)13(6-10)16-8-11(19)7-15/h4-6,11,16,19H,7-9H2,1-3H3,(H,17,20). The number of rotatable bonds is 7. The first kappa shape index (κ1) is 16.8. The first-order valence-electron chi connectivity index (χ1n) is 6.45. The van der Waals surface area contributed by atoms with Crippen LogP contribution in [-0.2, 0) is 4.79 Å². The molecule has 0 saturated carbocycles. The van der Waals surface area contributed by atoms with Gasteiger partial charge in [0.15, 0.2) is 0 Å².